The molecule has 8 nitrogen and oxygen atoms in total. The quantitative estimate of drug-likeness (QED) is 0.142. The van der Waals surface area contributed by atoms with E-state index in [0.717, 1.165) is 28.8 Å². The number of carbonyl (C=O) groups is 2. The Bertz CT molecular complexity index is 774. The lowest BCUT2D eigenvalue weighted by Gasteiger charge is -2.21. The molecule has 9 heteroatoms. The molecular weight excluding hydrogens is 435 g/mol. The SMILES string of the molecule is C=CC(=O)OCCCCOP(=O)(OCCCCOC(=O)C=C)Oc1c(C)cc(C)cc1C. The molecule has 0 aromatic heterocycles. The van der Waals surface area contributed by atoms with Gasteiger partial charge in [0.25, 0.3) is 0 Å². The van der Waals surface area contributed by atoms with E-state index in [2.05, 4.69) is 13.2 Å². The molecule has 0 saturated heterocycles. The Morgan fingerprint density at radius 2 is 1.22 bits per heavy atom. The number of hydrogen-bond donors (Lipinski definition) is 0. The van der Waals surface area contributed by atoms with E-state index in [1.165, 1.54) is 0 Å². The van der Waals surface area contributed by atoms with E-state index in [1.807, 2.05) is 32.9 Å². The fourth-order valence-corrected chi connectivity index (χ4v) is 4.13. The van der Waals surface area contributed by atoms with Gasteiger partial charge in [0.15, 0.2) is 0 Å². The van der Waals surface area contributed by atoms with E-state index in [0.29, 0.717) is 31.4 Å². The zero-order valence-corrected chi connectivity index (χ0v) is 20.0. The van der Waals surface area contributed by atoms with Gasteiger partial charge in [-0.25, -0.2) is 14.2 Å². The summed E-state index contributed by atoms with van der Waals surface area (Å²) in [4.78, 5) is 22.1. The molecule has 0 fully saturated rings. The summed E-state index contributed by atoms with van der Waals surface area (Å²) in [7, 11) is -3.91. The predicted octanol–water partition coefficient (Wildman–Crippen LogP) is 5.15. The summed E-state index contributed by atoms with van der Waals surface area (Å²) >= 11 is 0. The van der Waals surface area contributed by atoms with Gasteiger partial charge < -0.3 is 14.0 Å². The van der Waals surface area contributed by atoms with Crippen LogP contribution in [0.2, 0.25) is 0 Å². The third-order valence-electron chi connectivity index (χ3n) is 4.21. The molecule has 32 heavy (non-hydrogen) atoms. The van der Waals surface area contributed by atoms with Crippen molar-refractivity contribution >= 4 is 19.8 Å². The van der Waals surface area contributed by atoms with Crippen molar-refractivity contribution in [1.82, 2.24) is 0 Å². The highest BCUT2D eigenvalue weighted by atomic mass is 31.2. The van der Waals surface area contributed by atoms with E-state index >= 15 is 0 Å². The zero-order chi connectivity index (χ0) is 24.0. The number of hydrogen-bond acceptors (Lipinski definition) is 8. The second-order valence-corrected chi connectivity index (χ2v) is 8.68. The van der Waals surface area contributed by atoms with Crippen molar-refractivity contribution in [3.63, 3.8) is 0 Å². The van der Waals surface area contributed by atoms with Crippen LogP contribution in [0.15, 0.2) is 37.4 Å². The van der Waals surface area contributed by atoms with Gasteiger partial charge in [0, 0.05) is 12.2 Å². The van der Waals surface area contributed by atoms with E-state index in [4.69, 9.17) is 23.0 Å². The Balaban J connectivity index is 2.65. The molecule has 0 atom stereocenters. The van der Waals surface area contributed by atoms with Gasteiger partial charge >= 0.3 is 19.8 Å². The summed E-state index contributed by atoms with van der Waals surface area (Å²) in [5.74, 6) is -0.529. The Labute approximate surface area is 190 Å². The lowest BCUT2D eigenvalue weighted by atomic mass is 10.1. The smallest absolute Gasteiger partial charge is 0.463 e. The molecule has 0 aliphatic carbocycles. The van der Waals surface area contributed by atoms with Crippen LogP contribution in [0, 0.1) is 20.8 Å². The third kappa shape index (κ3) is 10.8. The van der Waals surface area contributed by atoms with Crippen molar-refractivity contribution in [2.45, 2.75) is 46.5 Å². The topological polar surface area (TPSA) is 97.4 Å². The molecule has 0 aliphatic heterocycles. The van der Waals surface area contributed by atoms with Crippen molar-refractivity contribution in [3.8, 4) is 5.75 Å². The molecule has 0 bridgehead atoms. The highest BCUT2D eigenvalue weighted by Crippen LogP contribution is 2.51. The molecule has 1 rings (SSSR count). The van der Waals surface area contributed by atoms with Crippen LogP contribution in [0.4, 0.5) is 0 Å². The maximum absolute atomic E-state index is 13.3. The van der Waals surface area contributed by atoms with Gasteiger partial charge in [-0.15, -0.1) is 0 Å². The highest BCUT2D eigenvalue weighted by Gasteiger charge is 2.30. The molecule has 0 unspecified atom stereocenters. The number of phosphoric ester groups is 1. The zero-order valence-electron chi connectivity index (χ0n) is 19.1. The summed E-state index contributed by atoms with van der Waals surface area (Å²) < 4.78 is 39.9. The molecule has 0 heterocycles. The maximum Gasteiger partial charge on any atom is 0.530 e. The van der Waals surface area contributed by atoms with Gasteiger partial charge in [0.1, 0.15) is 5.75 Å². The van der Waals surface area contributed by atoms with Crippen molar-refractivity contribution < 1.29 is 37.2 Å². The maximum atomic E-state index is 13.3. The predicted molar refractivity (Wildman–Crippen MR) is 122 cm³/mol. The normalized spacial score (nSPS) is 11.0. The first-order valence-corrected chi connectivity index (χ1v) is 11.9. The number of carbonyl (C=O) groups excluding carboxylic acids is 2. The standard InChI is InChI=1S/C23H33O8P/c1-6-21(24)27-12-8-10-14-29-32(26,30-15-11-9-13-28-22(25)7-2)31-23-19(4)16-18(3)17-20(23)5/h6-7,16-17H,1-2,8-15H2,3-5H3. The fourth-order valence-electron chi connectivity index (χ4n) is 2.74. The van der Waals surface area contributed by atoms with Gasteiger partial charge in [0.2, 0.25) is 0 Å². The lowest BCUT2D eigenvalue weighted by Crippen LogP contribution is -2.08. The van der Waals surface area contributed by atoms with Crippen LogP contribution >= 0.6 is 7.82 Å². The number of ether oxygens (including phenoxy) is 2. The van der Waals surface area contributed by atoms with Crippen LogP contribution in [0.5, 0.6) is 5.75 Å². The van der Waals surface area contributed by atoms with Gasteiger partial charge in [-0.2, -0.15) is 0 Å². The van der Waals surface area contributed by atoms with Crippen LogP contribution in [0.3, 0.4) is 0 Å². The number of esters is 2. The number of benzene rings is 1. The van der Waals surface area contributed by atoms with Crippen LogP contribution < -0.4 is 4.52 Å². The van der Waals surface area contributed by atoms with Gasteiger partial charge in [0.05, 0.1) is 26.4 Å². The highest BCUT2D eigenvalue weighted by molar-refractivity contribution is 7.48. The summed E-state index contributed by atoms with van der Waals surface area (Å²) in [5.41, 5.74) is 2.71. The Kier molecular flexibility index (Phi) is 12.6. The van der Waals surface area contributed by atoms with E-state index in [9.17, 15) is 14.2 Å². The summed E-state index contributed by atoms with van der Waals surface area (Å²) in [6.07, 6.45) is 4.22. The average molecular weight is 468 g/mol. The van der Waals surface area contributed by atoms with Gasteiger partial charge in [-0.05, 0) is 57.6 Å². The minimum Gasteiger partial charge on any atom is -0.463 e. The number of phosphoric acid groups is 1. The third-order valence-corrected chi connectivity index (χ3v) is 5.61. The van der Waals surface area contributed by atoms with Crippen molar-refractivity contribution in [2.75, 3.05) is 26.4 Å². The molecule has 0 saturated carbocycles. The van der Waals surface area contributed by atoms with Crippen LogP contribution in [0.25, 0.3) is 0 Å². The van der Waals surface area contributed by atoms with Crippen LogP contribution in [-0.2, 0) is 32.7 Å². The van der Waals surface area contributed by atoms with E-state index in [1.54, 1.807) is 0 Å². The Hall–Kier alpha value is -2.41. The minimum absolute atomic E-state index is 0.101. The molecule has 0 radical (unpaired) electrons. The van der Waals surface area contributed by atoms with Gasteiger partial charge in [-0.3, -0.25) is 9.05 Å². The molecule has 0 N–H and O–H groups in total. The molecule has 1 aromatic carbocycles. The van der Waals surface area contributed by atoms with Crippen molar-refractivity contribution in [2.24, 2.45) is 0 Å². The summed E-state index contributed by atoms with van der Waals surface area (Å²) in [6, 6.07) is 3.85. The first-order chi connectivity index (χ1) is 15.2. The summed E-state index contributed by atoms with van der Waals surface area (Å²) in [6.45, 7) is 13.0. The number of aryl methyl sites for hydroxylation is 3. The number of rotatable bonds is 16. The molecule has 0 amide bonds. The second-order valence-electron chi connectivity index (χ2n) is 7.09. The first-order valence-electron chi connectivity index (χ1n) is 10.5. The second kappa shape index (κ2) is 14.6. The molecular formula is C23H33O8P. The number of unbranched alkanes of at least 4 members (excludes halogenated alkanes) is 2. The largest absolute Gasteiger partial charge is 0.530 e. The van der Waals surface area contributed by atoms with E-state index < -0.39 is 19.8 Å². The van der Waals surface area contributed by atoms with Crippen LogP contribution in [-0.4, -0.2) is 38.4 Å². The molecule has 178 valence electrons. The van der Waals surface area contributed by atoms with E-state index in [-0.39, 0.29) is 26.4 Å². The monoisotopic (exact) mass is 468 g/mol. The van der Waals surface area contributed by atoms with Crippen molar-refractivity contribution in [1.29, 1.82) is 0 Å². The molecule has 1 aromatic rings. The molecule has 0 spiro atoms. The molecule has 0 aliphatic rings. The Morgan fingerprint density at radius 3 is 1.62 bits per heavy atom. The average Bonchev–Trinajstić information content (AvgIpc) is 2.75. The lowest BCUT2D eigenvalue weighted by molar-refractivity contribution is -0.138. The van der Waals surface area contributed by atoms with Crippen molar-refractivity contribution in [3.05, 3.63) is 54.1 Å². The van der Waals surface area contributed by atoms with Gasteiger partial charge in [-0.1, -0.05) is 30.9 Å². The minimum atomic E-state index is -3.91. The van der Waals surface area contributed by atoms with Crippen LogP contribution in [0.1, 0.15) is 42.4 Å². The first kappa shape index (κ1) is 27.6. The fraction of sp³-hybridized carbons (Fsp3) is 0.478. The Morgan fingerprint density at radius 1 is 0.812 bits per heavy atom. The summed E-state index contributed by atoms with van der Waals surface area (Å²) in [5, 5.41) is 0.